The zero-order valence-electron chi connectivity index (χ0n) is 25.1. The first-order valence-electron chi connectivity index (χ1n) is 14.8. The topological polar surface area (TPSA) is 77.6 Å². The Balaban J connectivity index is 1.37. The van der Waals surface area contributed by atoms with Crippen LogP contribution in [-0.2, 0) is 11.3 Å². The molecule has 7 rings (SSSR count). The maximum absolute atomic E-state index is 14.3. The molecule has 7 nitrogen and oxygen atoms in total. The van der Waals surface area contributed by atoms with Crippen molar-refractivity contribution in [3.8, 4) is 5.75 Å². The number of benzene rings is 4. The van der Waals surface area contributed by atoms with Crippen LogP contribution in [0.15, 0.2) is 130 Å². The highest BCUT2D eigenvalue weighted by atomic mass is 35.5. The van der Waals surface area contributed by atoms with Crippen LogP contribution < -0.4 is 24.9 Å². The second-order valence-electron chi connectivity index (χ2n) is 11.0. The van der Waals surface area contributed by atoms with E-state index in [-0.39, 0.29) is 11.5 Å². The number of hydrogen-bond donors (Lipinski definition) is 1. The Hall–Kier alpha value is -5.18. The molecule has 0 aliphatic carbocycles. The zero-order chi connectivity index (χ0) is 31.8. The normalized spacial score (nSPS) is 14.7. The van der Waals surface area contributed by atoms with E-state index in [0.29, 0.717) is 43.6 Å². The van der Waals surface area contributed by atoms with Crippen LogP contribution in [0.3, 0.4) is 0 Å². The van der Waals surface area contributed by atoms with Crippen molar-refractivity contribution in [2.24, 2.45) is 4.99 Å². The van der Waals surface area contributed by atoms with E-state index in [2.05, 4.69) is 28.2 Å². The van der Waals surface area contributed by atoms with E-state index in [0.717, 1.165) is 27.6 Å². The monoisotopic (exact) mass is 644 g/mol. The predicted molar refractivity (Wildman–Crippen MR) is 184 cm³/mol. The number of allylic oxidation sites excluding steroid dienone is 1. The van der Waals surface area contributed by atoms with E-state index in [1.165, 1.54) is 11.3 Å². The maximum atomic E-state index is 14.3. The van der Waals surface area contributed by atoms with E-state index in [1.54, 1.807) is 11.7 Å². The third kappa shape index (κ3) is 5.46. The van der Waals surface area contributed by atoms with Crippen LogP contribution in [0.1, 0.15) is 29.7 Å². The first-order valence-corrected chi connectivity index (χ1v) is 15.9. The van der Waals surface area contributed by atoms with Crippen LogP contribution in [0.25, 0.3) is 17.0 Å². The second kappa shape index (κ2) is 12.3. The van der Waals surface area contributed by atoms with Crippen LogP contribution in [0.2, 0.25) is 5.02 Å². The van der Waals surface area contributed by atoms with Gasteiger partial charge >= 0.3 is 0 Å². The molecule has 9 heteroatoms. The van der Waals surface area contributed by atoms with Gasteiger partial charge in [0, 0.05) is 39.9 Å². The lowest BCUT2D eigenvalue weighted by Gasteiger charge is -2.25. The number of methoxy groups -OCH3 is 1. The summed E-state index contributed by atoms with van der Waals surface area (Å²) in [5, 5.41) is 4.72. The van der Waals surface area contributed by atoms with Gasteiger partial charge in [-0.1, -0.05) is 89.7 Å². The van der Waals surface area contributed by atoms with Gasteiger partial charge in [0.15, 0.2) is 4.80 Å². The molecule has 0 unspecified atom stereocenters. The first kappa shape index (κ1) is 29.5. The molecule has 0 spiro atoms. The average Bonchev–Trinajstić information content (AvgIpc) is 3.57. The van der Waals surface area contributed by atoms with Crippen molar-refractivity contribution in [2.45, 2.75) is 19.5 Å². The van der Waals surface area contributed by atoms with Gasteiger partial charge in [-0.25, -0.2) is 4.99 Å². The van der Waals surface area contributed by atoms with Gasteiger partial charge in [-0.2, -0.15) is 0 Å². The number of fused-ring (bicyclic) bond motifs is 2. The standard InChI is InChI=1S/C37H29ClN4O3S/c1-23-33(35(43)40-27-13-4-3-5-14-27)34(24-12-10-15-28(19-24)45-2)42-36(44)32(46-37(42)39-23)20-26-22-41(31-18-9-7-16-29(26)31)21-25-11-6-8-17-30(25)38/h3-20,22,34H,21H2,1-2H3,(H,40,43)/b32-20-/t34-/m1/s1. The molecule has 0 fully saturated rings. The van der Waals surface area contributed by atoms with Crippen molar-refractivity contribution in [3.05, 3.63) is 162 Å². The number of carbonyl (C=O) groups excluding carboxylic acids is 1. The highest BCUT2D eigenvalue weighted by molar-refractivity contribution is 7.07. The van der Waals surface area contributed by atoms with Crippen molar-refractivity contribution in [1.29, 1.82) is 0 Å². The lowest BCUT2D eigenvalue weighted by Crippen LogP contribution is -2.40. The number of nitrogens with one attached hydrogen (secondary N) is 1. The molecular weight excluding hydrogens is 616 g/mol. The molecule has 1 atom stereocenters. The van der Waals surface area contributed by atoms with Crippen molar-refractivity contribution < 1.29 is 9.53 Å². The number of aromatic nitrogens is 2. The predicted octanol–water partition coefficient (Wildman–Crippen LogP) is 6.54. The number of halogens is 1. The van der Waals surface area contributed by atoms with Gasteiger partial charge in [0.05, 0.1) is 29.0 Å². The molecule has 1 N–H and O–H groups in total. The number of carbonyl (C=O) groups is 1. The molecule has 0 bridgehead atoms. The van der Waals surface area contributed by atoms with Crippen molar-refractivity contribution in [3.63, 3.8) is 0 Å². The second-order valence-corrected chi connectivity index (χ2v) is 12.4. The Morgan fingerprint density at radius 1 is 1.00 bits per heavy atom. The highest BCUT2D eigenvalue weighted by Crippen LogP contribution is 2.32. The lowest BCUT2D eigenvalue weighted by molar-refractivity contribution is -0.113. The van der Waals surface area contributed by atoms with E-state index < -0.39 is 6.04 Å². The number of hydrogen-bond acceptors (Lipinski definition) is 5. The molecule has 228 valence electrons. The van der Waals surface area contributed by atoms with Gasteiger partial charge in [0.2, 0.25) is 0 Å². The summed E-state index contributed by atoms with van der Waals surface area (Å²) < 4.78 is 9.81. The van der Waals surface area contributed by atoms with E-state index in [9.17, 15) is 9.59 Å². The number of ether oxygens (including phenoxy) is 1. The Morgan fingerprint density at radius 2 is 1.76 bits per heavy atom. The van der Waals surface area contributed by atoms with E-state index in [1.807, 2.05) is 104 Å². The first-order chi connectivity index (χ1) is 22.4. The van der Waals surface area contributed by atoms with Crippen LogP contribution in [-0.4, -0.2) is 22.2 Å². The fraction of sp³-hybridized carbons (Fsp3) is 0.108. The average molecular weight is 645 g/mol. The summed E-state index contributed by atoms with van der Waals surface area (Å²) >= 11 is 7.81. The van der Waals surface area contributed by atoms with E-state index >= 15 is 0 Å². The largest absolute Gasteiger partial charge is 0.497 e. The summed E-state index contributed by atoms with van der Waals surface area (Å²) in [6.07, 6.45) is 3.97. The van der Waals surface area contributed by atoms with Crippen molar-refractivity contribution in [1.82, 2.24) is 9.13 Å². The van der Waals surface area contributed by atoms with Gasteiger partial charge in [0.25, 0.3) is 11.5 Å². The summed E-state index contributed by atoms with van der Waals surface area (Å²) in [4.78, 5) is 33.5. The van der Waals surface area contributed by atoms with Crippen LogP contribution in [0.5, 0.6) is 5.75 Å². The number of amides is 1. The Morgan fingerprint density at radius 3 is 2.57 bits per heavy atom. The zero-order valence-corrected chi connectivity index (χ0v) is 26.7. The van der Waals surface area contributed by atoms with E-state index in [4.69, 9.17) is 21.3 Å². The van der Waals surface area contributed by atoms with Crippen molar-refractivity contribution >= 4 is 51.5 Å². The summed E-state index contributed by atoms with van der Waals surface area (Å²) in [5.41, 5.74) is 5.06. The maximum Gasteiger partial charge on any atom is 0.271 e. The van der Waals surface area contributed by atoms with Gasteiger partial charge in [-0.3, -0.25) is 14.2 Å². The number of rotatable bonds is 7. The molecule has 2 aromatic heterocycles. The Kier molecular flexibility index (Phi) is 7.90. The third-order valence-corrected chi connectivity index (χ3v) is 9.46. The molecule has 0 saturated carbocycles. The molecule has 3 heterocycles. The summed E-state index contributed by atoms with van der Waals surface area (Å²) in [6.45, 7) is 2.40. The number of thiazole rings is 1. The van der Waals surface area contributed by atoms with Crippen molar-refractivity contribution in [2.75, 3.05) is 12.4 Å². The Labute approximate surface area is 274 Å². The summed E-state index contributed by atoms with van der Waals surface area (Å²) in [7, 11) is 1.59. The minimum atomic E-state index is -0.709. The molecule has 1 amide bonds. The Bertz CT molecular complexity index is 2340. The van der Waals surface area contributed by atoms with Gasteiger partial charge in [-0.05, 0) is 60.5 Å². The quantitative estimate of drug-likeness (QED) is 0.214. The molecule has 0 saturated heterocycles. The van der Waals surface area contributed by atoms with Gasteiger partial charge in [0.1, 0.15) is 5.75 Å². The van der Waals surface area contributed by atoms with Crippen LogP contribution in [0, 0.1) is 0 Å². The number of nitrogens with zero attached hydrogens (tertiary/aromatic N) is 3. The molecule has 46 heavy (non-hydrogen) atoms. The smallest absolute Gasteiger partial charge is 0.271 e. The highest BCUT2D eigenvalue weighted by Gasteiger charge is 2.33. The summed E-state index contributed by atoms with van der Waals surface area (Å²) in [5.74, 6) is 0.306. The van der Waals surface area contributed by atoms with Gasteiger partial charge in [-0.15, -0.1) is 0 Å². The minimum Gasteiger partial charge on any atom is -0.497 e. The molecule has 0 radical (unpaired) electrons. The SMILES string of the molecule is COc1cccc([C@@H]2C(C(=O)Nc3ccccc3)=C(C)N=c3s/c(=C\c4cn(Cc5ccccc5Cl)c5ccccc45)c(=O)n32)c1. The minimum absolute atomic E-state index is 0.225. The lowest BCUT2D eigenvalue weighted by atomic mass is 9.95. The van der Waals surface area contributed by atoms with Gasteiger partial charge < -0.3 is 14.6 Å². The number of anilines is 1. The molecule has 1 aliphatic rings. The number of para-hydroxylation sites is 2. The van der Waals surface area contributed by atoms with Crippen LogP contribution in [0.4, 0.5) is 5.69 Å². The molecule has 1 aliphatic heterocycles. The molecule has 6 aromatic rings. The fourth-order valence-electron chi connectivity index (χ4n) is 5.93. The fourth-order valence-corrected chi connectivity index (χ4v) is 7.16. The third-order valence-electron chi connectivity index (χ3n) is 8.11. The molecule has 4 aromatic carbocycles. The molecular formula is C37H29ClN4O3S. The van der Waals surface area contributed by atoms with Crippen LogP contribution >= 0.6 is 22.9 Å². The summed E-state index contributed by atoms with van der Waals surface area (Å²) in [6, 6.07) is 31.9.